The zero-order valence-corrected chi connectivity index (χ0v) is 17.8. The number of piperidine rings is 1. The fraction of sp³-hybridized carbons (Fsp3) is 0.300. The second kappa shape index (κ2) is 8.55. The average Bonchev–Trinajstić information content (AvgIpc) is 2.74. The van der Waals surface area contributed by atoms with Gasteiger partial charge in [0.15, 0.2) is 5.13 Å². The van der Waals surface area contributed by atoms with Gasteiger partial charge < -0.3 is 9.64 Å². The van der Waals surface area contributed by atoms with Crippen molar-refractivity contribution in [2.45, 2.75) is 25.1 Å². The number of anilines is 1. The number of aromatic nitrogens is 1. The number of non-ortho nitro benzene ring substituents is 1. The fourth-order valence-corrected chi connectivity index (χ4v) is 4.76. The lowest BCUT2D eigenvalue weighted by atomic mass is 10.1. The van der Waals surface area contributed by atoms with Crippen LogP contribution in [0.2, 0.25) is 5.02 Å². The Morgan fingerprint density at radius 1 is 1.22 bits per heavy atom. The largest absolute Gasteiger partial charge is 0.489 e. The molecule has 1 aliphatic rings. The van der Waals surface area contributed by atoms with Crippen molar-refractivity contribution in [3.63, 3.8) is 0 Å². The standard InChI is InChI=1S/C20H15ClF3N3O4S/c21-14-3-1-2-4-16(14)31-12-5-7-26(8-6-12)19-25-18(28)13-9-11(20(22,23)24)10-15(27(29)30)17(13)32-19/h1-4,9-10,12H,5-8H2. The molecule has 2 aromatic carbocycles. The molecule has 0 aliphatic carbocycles. The van der Waals surface area contributed by atoms with Crippen LogP contribution in [0.1, 0.15) is 18.4 Å². The van der Waals surface area contributed by atoms with E-state index in [1.165, 1.54) is 0 Å². The molecule has 1 fully saturated rings. The first-order chi connectivity index (χ1) is 15.1. The van der Waals surface area contributed by atoms with E-state index in [9.17, 15) is 28.1 Å². The van der Waals surface area contributed by atoms with Crippen LogP contribution >= 0.6 is 22.9 Å². The Labute approximate surface area is 188 Å². The van der Waals surface area contributed by atoms with Crippen LogP contribution in [0.15, 0.2) is 41.2 Å². The Bertz CT molecular complexity index is 1240. The first-order valence-corrected chi connectivity index (χ1v) is 10.7. The van der Waals surface area contributed by atoms with Crippen LogP contribution in [-0.2, 0) is 6.18 Å². The topological polar surface area (TPSA) is 85.6 Å². The van der Waals surface area contributed by atoms with Crippen LogP contribution in [0.3, 0.4) is 0 Å². The lowest BCUT2D eigenvalue weighted by Gasteiger charge is -2.32. The summed E-state index contributed by atoms with van der Waals surface area (Å²) < 4.78 is 45.1. The van der Waals surface area contributed by atoms with E-state index in [1.807, 2.05) is 6.07 Å². The van der Waals surface area contributed by atoms with Crippen LogP contribution in [-0.4, -0.2) is 29.1 Å². The van der Waals surface area contributed by atoms with Gasteiger partial charge in [0.05, 0.1) is 20.9 Å². The van der Waals surface area contributed by atoms with Gasteiger partial charge in [-0.1, -0.05) is 35.1 Å². The first-order valence-electron chi connectivity index (χ1n) is 9.50. The van der Waals surface area contributed by atoms with Crippen molar-refractivity contribution < 1.29 is 22.8 Å². The minimum Gasteiger partial charge on any atom is -0.489 e. The molecular weight excluding hydrogens is 471 g/mol. The van der Waals surface area contributed by atoms with E-state index in [4.69, 9.17) is 16.3 Å². The fourth-order valence-electron chi connectivity index (χ4n) is 3.46. The maximum atomic E-state index is 13.1. The third kappa shape index (κ3) is 4.49. The van der Waals surface area contributed by atoms with E-state index in [0.717, 1.165) is 11.3 Å². The summed E-state index contributed by atoms with van der Waals surface area (Å²) in [6.45, 7) is 0.913. The summed E-state index contributed by atoms with van der Waals surface area (Å²) in [6.07, 6.45) is -3.77. The number of fused-ring (bicyclic) bond motifs is 1. The predicted molar refractivity (Wildman–Crippen MR) is 115 cm³/mol. The summed E-state index contributed by atoms with van der Waals surface area (Å²) in [6, 6.07) is 8.15. The van der Waals surface area contributed by atoms with Gasteiger partial charge in [0.1, 0.15) is 16.6 Å². The van der Waals surface area contributed by atoms with Crippen molar-refractivity contribution in [2.75, 3.05) is 18.0 Å². The third-order valence-corrected chi connectivity index (χ3v) is 6.53. The number of nitro benzene ring substituents is 1. The molecule has 1 saturated heterocycles. The smallest absolute Gasteiger partial charge is 0.416 e. The van der Waals surface area contributed by atoms with Crippen molar-refractivity contribution in [2.24, 2.45) is 0 Å². The summed E-state index contributed by atoms with van der Waals surface area (Å²) in [7, 11) is 0. The molecule has 0 spiro atoms. The molecule has 0 N–H and O–H groups in total. The molecule has 32 heavy (non-hydrogen) atoms. The maximum Gasteiger partial charge on any atom is 0.416 e. The van der Waals surface area contributed by atoms with E-state index < -0.39 is 33.3 Å². The van der Waals surface area contributed by atoms with Crippen LogP contribution in [0.5, 0.6) is 5.75 Å². The number of ether oxygens (including phenoxy) is 1. The van der Waals surface area contributed by atoms with Crippen LogP contribution in [0, 0.1) is 10.1 Å². The number of para-hydroxylation sites is 1. The predicted octanol–water partition coefficient (Wildman–Crippen LogP) is 5.28. The SMILES string of the molecule is O=c1nc(N2CCC(Oc3ccccc3Cl)CC2)sc2c([N+](=O)[O-])cc(C(F)(F)F)cc12. The van der Waals surface area contributed by atoms with Gasteiger partial charge in [0.2, 0.25) is 0 Å². The second-order valence-electron chi connectivity index (χ2n) is 7.16. The van der Waals surface area contributed by atoms with E-state index in [2.05, 4.69) is 4.98 Å². The Morgan fingerprint density at radius 3 is 2.53 bits per heavy atom. The highest BCUT2D eigenvalue weighted by atomic mass is 35.5. The van der Waals surface area contributed by atoms with Gasteiger partial charge in [-0.2, -0.15) is 18.2 Å². The van der Waals surface area contributed by atoms with Gasteiger partial charge in [0, 0.05) is 32.0 Å². The Hall–Kier alpha value is -2.92. The molecule has 168 valence electrons. The number of rotatable bonds is 4. The quantitative estimate of drug-likeness (QED) is 0.369. The minimum absolute atomic E-state index is 0.119. The first kappa shape index (κ1) is 22.3. The average molecular weight is 486 g/mol. The zero-order chi connectivity index (χ0) is 23.0. The van der Waals surface area contributed by atoms with Crippen LogP contribution < -0.4 is 15.2 Å². The molecule has 0 saturated carbocycles. The highest BCUT2D eigenvalue weighted by molar-refractivity contribution is 7.22. The lowest BCUT2D eigenvalue weighted by molar-refractivity contribution is -0.383. The molecule has 12 heteroatoms. The summed E-state index contributed by atoms with van der Waals surface area (Å²) in [5.41, 5.74) is -2.96. The second-order valence-corrected chi connectivity index (χ2v) is 8.55. The molecule has 0 atom stereocenters. The summed E-state index contributed by atoms with van der Waals surface area (Å²) in [5, 5.41) is 11.7. The Morgan fingerprint density at radius 2 is 1.91 bits per heavy atom. The van der Waals surface area contributed by atoms with Crippen molar-refractivity contribution in [1.82, 2.24) is 4.98 Å². The van der Waals surface area contributed by atoms with Crippen molar-refractivity contribution in [3.8, 4) is 5.75 Å². The van der Waals surface area contributed by atoms with Gasteiger partial charge in [-0.25, -0.2) is 0 Å². The molecule has 2 heterocycles. The molecule has 0 amide bonds. The van der Waals surface area contributed by atoms with E-state index in [1.54, 1.807) is 23.1 Å². The van der Waals surface area contributed by atoms with Gasteiger partial charge in [-0.3, -0.25) is 14.9 Å². The highest BCUT2D eigenvalue weighted by Gasteiger charge is 2.34. The van der Waals surface area contributed by atoms with E-state index in [0.29, 0.717) is 48.8 Å². The van der Waals surface area contributed by atoms with Crippen molar-refractivity contribution in [3.05, 3.63) is 67.5 Å². The molecule has 1 aromatic heterocycles. The monoisotopic (exact) mass is 485 g/mol. The third-order valence-electron chi connectivity index (χ3n) is 5.06. The molecule has 0 bridgehead atoms. The van der Waals surface area contributed by atoms with Gasteiger partial charge in [-0.15, -0.1) is 0 Å². The molecular formula is C20H15ClF3N3O4S. The number of hydrogen-bond donors (Lipinski definition) is 0. The molecule has 1 aliphatic heterocycles. The van der Waals surface area contributed by atoms with Crippen LogP contribution in [0.25, 0.3) is 10.1 Å². The molecule has 4 rings (SSSR count). The van der Waals surface area contributed by atoms with Gasteiger partial charge in [0.25, 0.3) is 11.2 Å². The molecule has 3 aromatic rings. The van der Waals surface area contributed by atoms with Crippen molar-refractivity contribution >= 4 is 43.8 Å². The van der Waals surface area contributed by atoms with Crippen LogP contribution in [0.4, 0.5) is 24.0 Å². The molecule has 0 radical (unpaired) electrons. The van der Waals surface area contributed by atoms with Gasteiger partial charge >= 0.3 is 6.18 Å². The summed E-state index contributed by atoms with van der Waals surface area (Å²) >= 11 is 6.95. The van der Waals surface area contributed by atoms with E-state index >= 15 is 0 Å². The highest BCUT2D eigenvalue weighted by Crippen LogP contribution is 2.38. The Balaban J connectivity index is 1.60. The Kier molecular flexibility index (Phi) is 5.95. The minimum atomic E-state index is -4.82. The molecule has 0 unspecified atom stereocenters. The lowest BCUT2D eigenvalue weighted by Crippen LogP contribution is -2.39. The number of halogens is 4. The number of benzene rings is 2. The maximum absolute atomic E-state index is 13.1. The van der Waals surface area contributed by atoms with Crippen molar-refractivity contribution in [1.29, 1.82) is 0 Å². The number of hydrogen-bond acceptors (Lipinski definition) is 7. The van der Waals surface area contributed by atoms with E-state index in [-0.39, 0.29) is 15.9 Å². The number of nitro groups is 1. The molecule has 7 nitrogen and oxygen atoms in total. The normalized spacial score (nSPS) is 15.2. The summed E-state index contributed by atoms with van der Waals surface area (Å²) in [4.78, 5) is 28.7. The number of nitrogens with zero attached hydrogens (tertiary/aromatic N) is 3. The number of alkyl halides is 3. The zero-order valence-electron chi connectivity index (χ0n) is 16.3. The summed E-state index contributed by atoms with van der Waals surface area (Å²) in [5.74, 6) is 0.567. The van der Waals surface area contributed by atoms with Gasteiger partial charge in [-0.05, 0) is 18.2 Å².